The van der Waals surface area contributed by atoms with Crippen molar-refractivity contribution in [2.24, 2.45) is 5.92 Å². The number of halogens is 1. The second kappa shape index (κ2) is 7.01. The highest BCUT2D eigenvalue weighted by atomic mass is 35.5. The second-order valence-electron chi connectivity index (χ2n) is 7.11. The van der Waals surface area contributed by atoms with E-state index in [2.05, 4.69) is 17.3 Å². The van der Waals surface area contributed by atoms with Gasteiger partial charge in [0.2, 0.25) is 5.91 Å². The molecule has 0 spiro atoms. The van der Waals surface area contributed by atoms with E-state index < -0.39 is 0 Å². The number of amides is 1. The summed E-state index contributed by atoms with van der Waals surface area (Å²) in [5.41, 5.74) is 1.84. The SMILES string of the molecule is Cc1cc(Cl)ccc1C(C)(C)NC(=O)CC1CCCN(C)C1. The topological polar surface area (TPSA) is 32.3 Å². The quantitative estimate of drug-likeness (QED) is 0.916. The van der Waals surface area contributed by atoms with E-state index in [4.69, 9.17) is 11.6 Å². The highest BCUT2D eigenvalue weighted by Gasteiger charge is 2.27. The van der Waals surface area contributed by atoms with E-state index in [-0.39, 0.29) is 11.4 Å². The molecule has 1 aromatic rings. The van der Waals surface area contributed by atoms with Crippen molar-refractivity contribution in [1.82, 2.24) is 10.2 Å². The maximum absolute atomic E-state index is 12.4. The van der Waals surface area contributed by atoms with E-state index >= 15 is 0 Å². The summed E-state index contributed by atoms with van der Waals surface area (Å²) in [6.07, 6.45) is 2.95. The van der Waals surface area contributed by atoms with Gasteiger partial charge in [0, 0.05) is 18.0 Å². The minimum Gasteiger partial charge on any atom is -0.347 e. The van der Waals surface area contributed by atoms with E-state index in [1.54, 1.807) is 0 Å². The molecule has 0 aliphatic carbocycles. The third kappa shape index (κ3) is 4.47. The standard InChI is InChI=1S/C18H27ClN2O/c1-13-10-15(19)7-8-16(13)18(2,3)20-17(22)11-14-6-5-9-21(4)12-14/h7-8,10,14H,5-6,9,11-12H2,1-4H3,(H,20,22). The predicted molar refractivity (Wildman–Crippen MR) is 92.2 cm³/mol. The van der Waals surface area contributed by atoms with Crippen molar-refractivity contribution >= 4 is 17.5 Å². The lowest BCUT2D eigenvalue weighted by Crippen LogP contribution is -2.43. The Morgan fingerprint density at radius 3 is 2.82 bits per heavy atom. The fraction of sp³-hybridized carbons (Fsp3) is 0.611. The lowest BCUT2D eigenvalue weighted by Gasteiger charge is -2.32. The first-order chi connectivity index (χ1) is 10.3. The van der Waals surface area contributed by atoms with Crippen LogP contribution in [-0.2, 0) is 10.3 Å². The van der Waals surface area contributed by atoms with Crippen molar-refractivity contribution in [3.8, 4) is 0 Å². The molecule has 0 aromatic heterocycles. The molecule has 1 unspecified atom stereocenters. The van der Waals surface area contributed by atoms with Crippen molar-refractivity contribution in [1.29, 1.82) is 0 Å². The molecule has 1 heterocycles. The summed E-state index contributed by atoms with van der Waals surface area (Å²) in [4.78, 5) is 14.7. The first-order valence-electron chi connectivity index (χ1n) is 8.04. The Balaban J connectivity index is 1.99. The molecule has 1 fully saturated rings. The Kier molecular flexibility index (Phi) is 5.51. The third-order valence-corrected chi connectivity index (χ3v) is 4.74. The zero-order valence-electron chi connectivity index (χ0n) is 14.1. The number of nitrogens with one attached hydrogen (secondary N) is 1. The van der Waals surface area contributed by atoms with Crippen molar-refractivity contribution < 1.29 is 4.79 Å². The average molecular weight is 323 g/mol. The van der Waals surface area contributed by atoms with Gasteiger partial charge in [-0.2, -0.15) is 0 Å². The van der Waals surface area contributed by atoms with Gasteiger partial charge in [0.1, 0.15) is 0 Å². The number of rotatable bonds is 4. The summed E-state index contributed by atoms with van der Waals surface area (Å²) in [6, 6.07) is 5.83. The van der Waals surface area contributed by atoms with Gasteiger partial charge in [0.25, 0.3) is 0 Å². The van der Waals surface area contributed by atoms with Crippen LogP contribution in [0.5, 0.6) is 0 Å². The molecule has 3 nitrogen and oxygen atoms in total. The first-order valence-corrected chi connectivity index (χ1v) is 8.42. The number of likely N-dealkylation sites (tertiary alicyclic amines) is 1. The normalized spacial score (nSPS) is 20.0. The Bertz CT molecular complexity index is 542. The Morgan fingerprint density at radius 1 is 1.45 bits per heavy atom. The van der Waals surface area contributed by atoms with Gasteiger partial charge in [-0.3, -0.25) is 4.79 Å². The van der Waals surface area contributed by atoms with Crippen LogP contribution in [-0.4, -0.2) is 30.9 Å². The van der Waals surface area contributed by atoms with Gasteiger partial charge in [0.15, 0.2) is 0 Å². The van der Waals surface area contributed by atoms with Crippen LogP contribution in [0.25, 0.3) is 0 Å². The molecule has 1 aromatic carbocycles. The fourth-order valence-corrected chi connectivity index (χ4v) is 3.72. The van der Waals surface area contributed by atoms with E-state index in [1.807, 2.05) is 39.0 Å². The molecule has 0 saturated carbocycles. The fourth-order valence-electron chi connectivity index (χ4n) is 3.50. The predicted octanol–water partition coefficient (Wildman–Crippen LogP) is 3.73. The van der Waals surface area contributed by atoms with Crippen LogP contribution in [0.15, 0.2) is 18.2 Å². The summed E-state index contributed by atoms with van der Waals surface area (Å²) < 4.78 is 0. The highest BCUT2D eigenvalue weighted by Crippen LogP contribution is 2.27. The third-order valence-electron chi connectivity index (χ3n) is 4.51. The molecule has 122 valence electrons. The Hall–Kier alpha value is -1.06. The molecule has 1 N–H and O–H groups in total. The van der Waals surface area contributed by atoms with Gasteiger partial charge in [-0.25, -0.2) is 0 Å². The number of carbonyl (C=O) groups excluding carboxylic acids is 1. The van der Waals surface area contributed by atoms with Gasteiger partial charge in [-0.15, -0.1) is 0 Å². The van der Waals surface area contributed by atoms with Gasteiger partial charge in [0.05, 0.1) is 5.54 Å². The summed E-state index contributed by atoms with van der Waals surface area (Å²) >= 11 is 6.02. The molecule has 0 radical (unpaired) electrons. The summed E-state index contributed by atoms with van der Waals surface area (Å²) in [5, 5.41) is 3.92. The minimum absolute atomic E-state index is 0.139. The molecule has 1 aliphatic rings. The number of hydrogen-bond donors (Lipinski definition) is 1. The molecule has 22 heavy (non-hydrogen) atoms. The molecule has 1 atom stereocenters. The van der Waals surface area contributed by atoms with E-state index in [0.29, 0.717) is 12.3 Å². The molecular weight excluding hydrogens is 296 g/mol. The summed E-state index contributed by atoms with van der Waals surface area (Å²) in [7, 11) is 2.13. The van der Waals surface area contributed by atoms with Crippen LogP contribution in [0, 0.1) is 12.8 Å². The van der Waals surface area contributed by atoms with Gasteiger partial charge in [-0.05, 0) is 76.4 Å². The molecule has 2 rings (SSSR count). The van der Waals surface area contributed by atoms with Crippen LogP contribution < -0.4 is 5.32 Å². The molecular formula is C18H27ClN2O. The molecule has 1 saturated heterocycles. The Labute approximate surface area is 139 Å². The van der Waals surface area contributed by atoms with Crippen molar-refractivity contribution in [3.05, 3.63) is 34.3 Å². The second-order valence-corrected chi connectivity index (χ2v) is 7.54. The largest absolute Gasteiger partial charge is 0.347 e. The van der Waals surface area contributed by atoms with Crippen LogP contribution in [0.4, 0.5) is 0 Å². The maximum Gasteiger partial charge on any atom is 0.220 e. The van der Waals surface area contributed by atoms with Gasteiger partial charge in [-0.1, -0.05) is 17.7 Å². The van der Waals surface area contributed by atoms with Crippen LogP contribution >= 0.6 is 11.6 Å². The number of carbonyl (C=O) groups is 1. The number of piperidine rings is 1. The minimum atomic E-state index is -0.383. The smallest absolute Gasteiger partial charge is 0.220 e. The number of hydrogen-bond acceptors (Lipinski definition) is 2. The van der Waals surface area contributed by atoms with Crippen LogP contribution in [0.2, 0.25) is 5.02 Å². The van der Waals surface area contributed by atoms with Crippen LogP contribution in [0.1, 0.15) is 44.2 Å². The zero-order valence-corrected chi connectivity index (χ0v) is 14.8. The van der Waals surface area contributed by atoms with E-state index in [1.165, 1.54) is 6.42 Å². The molecule has 1 aliphatic heterocycles. The molecule has 1 amide bonds. The zero-order chi connectivity index (χ0) is 16.3. The molecule has 0 bridgehead atoms. The number of benzene rings is 1. The van der Waals surface area contributed by atoms with Crippen LogP contribution in [0.3, 0.4) is 0 Å². The van der Waals surface area contributed by atoms with Crippen molar-refractivity contribution in [2.75, 3.05) is 20.1 Å². The number of aryl methyl sites for hydroxylation is 1. The first kappa shape index (κ1) is 17.3. The van der Waals surface area contributed by atoms with E-state index in [0.717, 1.165) is 35.7 Å². The number of nitrogens with zero attached hydrogens (tertiary/aromatic N) is 1. The lowest BCUT2D eigenvalue weighted by atomic mass is 9.89. The Morgan fingerprint density at radius 2 is 2.18 bits per heavy atom. The van der Waals surface area contributed by atoms with Gasteiger partial charge >= 0.3 is 0 Å². The monoisotopic (exact) mass is 322 g/mol. The summed E-state index contributed by atoms with van der Waals surface area (Å²) in [5.74, 6) is 0.612. The molecule has 4 heteroatoms. The highest BCUT2D eigenvalue weighted by molar-refractivity contribution is 6.30. The average Bonchev–Trinajstić information content (AvgIpc) is 2.36. The lowest BCUT2D eigenvalue weighted by molar-refractivity contribution is -0.124. The van der Waals surface area contributed by atoms with Gasteiger partial charge < -0.3 is 10.2 Å². The maximum atomic E-state index is 12.4. The van der Waals surface area contributed by atoms with E-state index in [9.17, 15) is 4.79 Å². The van der Waals surface area contributed by atoms with Crippen molar-refractivity contribution in [2.45, 2.75) is 45.6 Å². The van der Waals surface area contributed by atoms with Crippen molar-refractivity contribution in [3.63, 3.8) is 0 Å². The summed E-state index contributed by atoms with van der Waals surface area (Å²) in [6.45, 7) is 8.30.